The van der Waals surface area contributed by atoms with Gasteiger partial charge < -0.3 is 39.4 Å². The third-order valence-electron chi connectivity index (χ3n) is 10.5. The molecule has 4 aliphatic rings. The van der Waals surface area contributed by atoms with Gasteiger partial charge in [-0.15, -0.1) is 0 Å². The van der Waals surface area contributed by atoms with E-state index in [0.29, 0.717) is 5.57 Å². The SMILES string of the molecule is CC(=O)OC1CC2OC[C@@]2(OC(C)=O)C2[C@H](C(=O)Oc3ccccc3)C3(O)C[C@H](O)C(C)=C(C(O)[C@H](O)C12C)C3(C)C. The van der Waals surface area contributed by atoms with Crippen LogP contribution in [0.3, 0.4) is 0 Å². The van der Waals surface area contributed by atoms with Crippen LogP contribution < -0.4 is 4.74 Å². The van der Waals surface area contributed by atoms with E-state index in [1.807, 2.05) is 0 Å². The van der Waals surface area contributed by atoms with Crippen molar-refractivity contribution in [1.82, 2.24) is 0 Å². The van der Waals surface area contributed by atoms with Crippen molar-refractivity contribution in [2.24, 2.45) is 22.7 Å². The van der Waals surface area contributed by atoms with Gasteiger partial charge >= 0.3 is 17.9 Å². The first kappa shape index (κ1) is 30.6. The molecule has 42 heavy (non-hydrogen) atoms. The molecule has 3 aliphatic carbocycles. The van der Waals surface area contributed by atoms with Crippen molar-refractivity contribution in [2.45, 2.75) is 96.1 Å². The molecule has 11 heteroatoms. The molecule has 230 valence electrons. The van der Waals surface area contributed by atoms with Crippen molar-refractivity contribution in [2.75, 3.05) is 6.61 Å². The van der Waals surface area contributed by atoms with Crippen LogP contribution in [0.5, 0.6) is 5.75 Å². The molecule has 2 saturated carbocycles. The minimum absolute atomic E-state index is 0.00737. The first-order valence-corrected chi connectivity index (χ1v) is 14.2. The Morgan fingerprint density at radius 3 is 2.19 bits per heavy atom. The first-order valence-electron chi connectivity index (χ1n) is 14.2. The van der Waals surface area contributed by atoms with Gasteiger partial charge in [0.1, 0.15) is 24.1 Å². The summed E-state index contributed by atoms with van der Waals surface area (Å²) in [6, 6.07) is 8.22. The molecule has 1 aromatic rings. The van der Waals surface area contributed by atoms with Gasteiger partial charge in [-0.2, -0.15) is 0 Å². The summed E-state index contributed by atoms with van der Waals surface area (Å²) in [5, 5.41) is 48.1. The Balaban J connectivity index is 1.84. The predicted molar refractivity (Wildman–Crippen MR) is 146 cm³/mol. The lowest BCUT2D eigenvalue weighted by molar-refractivity contribution is -0.357. The Kier molecular flexibility index (Phi) is 7.38. The summed E-state index contributed by atoms with van der Waals surface area (Å²) in [6.45, 7) is 8.68. The highest BCUT2D eigenvalue weighted by atomic mass is 16.6. The van der Waals surface area contributed by atoms with Crippen molar-refractivity contribution in [3.63, 3.8) is 0 Å². The van der Waals surface area contributed by atoms with Crippen LogP contribution in [0.4, 0.5) is 0 Å². The lowest BCUT2D eigenvalue weighted by Gasteiger charge is -2.69. The summed E-state index contributed by atoms with van der Waals surface area (Å²) in [4.78, 5) is 39.5. The number of hydrogen-bond acceptors (Lipinski definition) is 11. The third-order valence-corrected chi connectivity index (χ3v) is 10.5. The Labute approximate surface area is 244 Å². The molecule has 11 nitrogen and oxygen atoms in total. The van der Waals surface area contributed by atoms with E-state index in [4.69, 9.17) is 18.9 Å². The number of fused-ring (bicyclic) bond motifs is 5. The molecule has 0 aromatic heterocycles. The van der Waals surface area contributed by atoms with Crippen LogP contribution in [0.2, 0.25) is 0 Å². The second-order valence-electron chi connectivity index (χ2n) is 13.0. The summed E-state index contributed by atoms with van der Waals surface area (Å²) < 4.78 is 23.4. The maximum atomic E-state index is 14.5. The zero-order chi connectivity index (χ0) is 31.0. The van der Waals surface area contributed by atoms with Crippen molar-refractivity contribution in [3.05, 3.63) is 41.5 Å². The Hall–Kier alpha value is -2.83. The van der Waals surface area contributed by atoms with Crippen LogP contribution in [-0.2, 0) is 28.6 Å². The van der Waals surface area contributed by atoms with Gasteiger partial charge in [-0.3, -0.25) is 14.4 Å². The second kappa shape index (κ2) is 10.1. The van der Waals surface area contributed by atoms with Crippen LogP contribution in [0, 0.1) is 22.7 Å². The Morgan fingerprint density at radius 2 is 1.64 bits per heavy atom. The number of esters is 3. The number of ether oxygens (including phenoxy) is 4. The fourth-order valence-electron chi connectivity index (χ4n) is 8.42. The van der Waals surface area contributed by atoms with Crippen molar-refractivity contribution < 1.29 is 53.8 Å². The summed E-state index contributed by atoms with van der Waals surface area (Å²) >= 11 is 0. The predicted octanol–water partition coefficient (Wildman–Crippen LogP) is 1.44. The molecule has 0 amide bonds. The monoisotopic (exact) mass is 588 g/mol. The van der Waals surface area contributed by atoms with Crippen LogP contribution in [-0.4, -0.2) is 86.7 Å². The van der Waals surface area contributed by atoms with Gasteiger partial charge in [0.15, 0.2) is 5.60 Å². The Bertz CT molecular complexity index is 1310. The number of hydrogen-bond donors (Lipinski definition) is 4. The smallest absolute Gasteiger partial charge is 0.317 e. The zero-order valence-electron chi connectivity index (χ0n) is 24.7. The molecule has 1 saturated heterocycles. The van der Waals surface area contributed by atoms with Crippen LogP contribution in [0.1, 0.15) is 54.4 Å². The Morgan fingerprint density at radius 1 is 1.00 bits per heavy atom. The highest BCUT2D eigenvalue weighted by Crippen LogP contribution is 2.66. The topological polar surface area (TPSA) is 169 Å². The average molecular weight is 589 g/mol. The molecule has 4 N–H and O–H groups in total. The van der Waals surface area contributed by atoms with Crippen molar-refractivity contribution in [3.8, 4) is 5.75 Å². The van der Waals surface area contributed by atoms with E-state index in [-0.39, 0.29) is 30.8 Å². The number of aliphatic hydroxyl groups is 4. The molecule has 1 aliphatic heterocycles. The molecule has 1 aromatic carbocycles. The number of rotatable bonds is 4. The van der Waals surface area contributed by atoms with E-state index in [1.54, 1.807) is 58.0 Å². The molecule has 5 rings (SSSR count). The highest BCUT2D eigenvalue weighted by molar-refractivity contribution is 5.78. The standard InChI is InChI=1S/C31H40O11/c1-15-19(34)13-31(38)23(27(37)41-18-10-8-7-9-11-18)25-29(6,26(36)24(35)22(15)28(31,4)5)20(40-16(2)32)12-21-30(25,14-39-21)42-17(3)33/h7-11,19-21,23-26,34-36,38H,12-14H2,1-6H3/t19-,20?,21?,23+,24?,25?,26-,29?,30-,31?/m0/s1. The highest BCUT2D eigenvalue weighted by Gasteiger charge is 2.78. The average Bonchev–Trinajstić information content (AvgIpc) is 2.89. The molecular weight excluding hydrogens is 548 g/mol. The number of carbonyl (C=O) groups excluding carboxylic acids is 3. The number of para-hydroxylation sites is 1. The minimum Gasteiger partial charge on any atom is -0.462 e. The van der Waals surface area contributed by atoms with E-state index < -0.39 is 82.3 Å². The van der Waals surface area contributed by atoms with Crippen LogP contribution >= 0.6 is 0 Å². The molecule has 6 unspecified atom stereocenters. The van der Waals surface area contributed by atoms with Gasteiger partial charge in [0.25, 0.3) is 0 Å². The van der Waals surface area contributed by atoms with E-state index in [2.05, 4.69) is 0 Å². The summed E-state index contributed by atoms with van der Waals surface area (Å²) in [6.07, 6.45) is -6.94. The number of benzene rings is 1. The summed E-state index contributed by atoms with van der Waals surface area (Å²) in [5.74, 6) is -4.94. The normalized spacial score (nSPS) is 42.1. The maximum Gasteiger partial charge on any atom is 0.317 e. The number of aliphatic hydroxyl groups excluding tert-OH is 3. The minimum atomic E-state index is -2.11. The van der Waals surface area contributed by atoms with Gasteiger partial charge in [-0.05, 0) is 30.2 Å². The maximum absolute atomic E-state index is 14.5. The van der Waals surface area contributed by atoms with Crippen molar-refractivity contribution in [1.29, 1.82) is 0 Å². The van der Waals surface area contributed by atoms with E-state index in [1.165, 1.54) is 13.8 Å². The lowest BCUT2D eigenvalue weighted by Crippen LogP contribution is -2.81. The molecular formula is C31H40O11. The fraction of sp³-hybridized carbons (Fsp3) is 0.645. The van der Waals surface area contributed by atoms with E-state index >= 15 is 0 Å². The largest absolute Gasteiger partial charge is 0.462 e. The van der Waals surface area contributed by atoms with E-state index in [9.17, 15) is 34.8 Å². The van der Waals surface area contributed by atoms with Gasteiger partial charge in [0.2, 0.25) is 0 Å². The van der Waals surface area contributed by atoms with Crippen LogP contribution in [0.25, 0.3) is 0 Å². The quantitative estimate of drug-likeness (QED) is 0.228. The molecule has 3 fully saturated rings. The molecule has 0 spiro atoms. The van der Waals surface area contributed by atoms with Crippen molar-refractivity contribution >= 4 is 17.9 Å². The van der Waals surface area contributed by atoms with Gasteiger partial charge in [-0.1, -0.05) is 39.0 Å². The van der Waals surface area contributed by atoms with Crippen LogP contribution in [0.15, 0.2) is 41.5 Å². The lowest BCUT2D eigenvalue weighted by atomic mass is 9.42. The molecule has 2 bridgehead atoms. The van der Waals surface area contributed by atoms with Gasteiger partial charge in [0.05, 0.1) is 30.3 Å². The summed E-state index contributed by atoms with van der Waals surface area (Å²) in [7, 11) is 0. The number of carbonyl (C=O) groups is 3. The second-order valence-corrected chi connectivity index (χ2v) is 13.0. The molecule has 1 heterocycles. The molecule has 10 atom stereocenters. The van der Waals surface area contributed by atoms with E-state index in [0.717, 1.165) is 0 Å². The van der Waals surface area contributed by atoms with Gasteiger partial charge in [0, 0.05) is 43.4 Å². The zero-order valence-corrected chi connectivity index (χ0v) is 24.7. The third kappa shape index (κ3) is 4.16. The van der Waals surface area contributed by atoms with Gasteiger partial charge in [-0.25, -0.2) is 0 Å². The first-order chi connectivity index (χ1) is 19.5. The molecule has 0 radical (unpaired) electrons. The summed E-state index contributed by atoms with van der Waals surface area (Å²) in [5.41, 5.74) is -6.23. The fourth-order valence-corrected chi connectivity index (χ4v) is 8.42.